The number of hydrogen-bond donors (Lipinski definition) is 1. The van der Waals surface area contributed by atoms with E-state index in [2.05, 4.69) is 20.4 Å². The zero-order valence-corrected chi connectivity index (χ0v) is 13.3. The lowest BCUT2D eigenvalue weighted by Crippen LogP contribution is -2.14. The van der Waals surface area contributed by atoms with Crippen LogP contribution in [0.3, 0.4) is 0 Å². The van der Waals surface area contributed by atoms with Crippen molar-refractivity contribution >= 4 is 40.6 Å². The topological polar surface area (TPSA) is 72.2 Å². The van der Waals surface area contributed by atoms with Crippen LogP contribution in [0.25, 0.3) is 5.78 Å². The Morgan fingerprint density at radius 3 is 2.77 bits per heavy atom. The lowest BCUT2D eigenvalue weighted by atomic mass is 10.3. The van der Waals surface area contributed by atoms with Crippen molar-refractivity contribution in [3.05, 3.63) is 51.5 Å². The van der Waals surface area contributed by atoms with Crippen molar-refractivity contribution in [1.29, 1.82) is 0 Å². The van der Waals surface area contributed by atoms with Gasteiger partial charge in [0.1, 0.15) is 0 Å². The first-order valence-corrected chi connectivity index (χ1v) is 7.17. The Balaban J connectivity index is 1.95. The summed E-state index contributed by atoms with van der Waals surface area (Å²) in [6.45, 7) is 3.72. The van der Waals surface area contributed by atoms with Gasteiger partial charge in [0.25, 0.3) is 11.7 Å². The van der Waals surface area contributed by atoms with E-state index in [4.69, 9.17) is 23.2 Å². The first-order valence-electron chi connectivity index (χ1n) is 6.42. The minimum absolute atomic E-state index is 0.0113. The highest BCUT2D eigenvalue weighted by Crippen LogP contribution is 2.29. The molecule has 1 aromatic carbocycles. The highest BCUT2D eigenvalue weighted by atomic mass is 35.5. The molecule has 0 saturated carbocycles. The number of hydrogen-bond acceptors (Lipinski definition) is 4. The summed E-state index contributed by atoms with van der Waals surface area (Å²) in [5, 5.41) is 7.42. The van der Waals surface area contributed by atoms with Crippen LogP contribution < -0.4 is 5.32 Å². The Hall–Kier alpha value is -2.18. The van der Waals surface area contributed by atoms with Crippen molar-refractivity contribution in [2.45, 2.75) is 13.8 Å². The number of benzene rings is 1. The zero-order chi connectivity index (χ0) is 15.9. The van der Waals surface area contributed by atoms with Gasteiger partial charge in [-0.25, -0.2) is 9.50 Å². The molecule has 3 aromatic rings. The molecular weight excluding hydrogens is 325 g/mol. The monoisotopic (exact) mass is 335 g/mol. The number of nitrogens with one attached hydrogen (secondary N) is 1. The summed E-state index contributed by atoms with van der Waals surface area (Å²) < 4.78 is 1.52. The SMILES string of the molecule is Cc1cc(C)n2nc(C(=O)Nc3cccc(Cl)c3Cl)nc2n1. The largest absolute Gasteiger partial charge is 0.318 e. The lowest BCUT2D eigenvalue weighted by molar-refractivity contribution is 0.101. The maximum atomic E-state index is 12.3. The van der Waals surface area contributed by atoms with Gasteiger partial charge in [0.15, 0.2) is 0 Å². The van der Waals surface area contributed by atoms with Gasteiger partial charge in [-0.05, 0) is 32.0 Å². The number of rotatable bonds is 2. The molecule has 2 aromatic heterocycles. The molecule has 0 spiro atoms. The number of fused-ring (bicyclic) bond motifs is 1. The van der Waals surface area contributed by atoms with Crippen LogP contribution in [0.15, 0.2) is 24.3 Å². The predicted molar refractivity (Wildman–Crippen MR) is 84.7 cm³/mol. The standard InChI is InChI=1S/C14H11Cl2N5O/c1-7-6-8(2)21-14(17-7)19-12(20-21)13(22)18-10-5-3-4-9(15)11(10)16/h3-6H,1-2H3,(H,18,22). The number of carbonyl (C=O) groups excluding carboxylic acids is 1. The molecule has 0 radical (unpaired) electrons. The average molecular weight is 336 g/mol. The first kappa shape index (κ1) is 14.7. The van der Waals surface area contributed by atoms with Gasteiger partial charge in [-0.3, -0.25) is 4.79 Å². The summed E-state index contributed by atoms with van der Waals surface area (Å²) in [4.78, 5) is 20.6. The van der Waals surface area contributed by atoms with E-state index < -0.39 is 5.91 Å². The number of aromatic nitrogens is 4. The van der Waals surface area contributed by atoms with Gasteiger partial charge in [0.05, 0.1) is 15.7 Å². The number of nitrogens with zero attached hydrogens (tertiary/aromatic N) is 4. The normalized spacial score (nSPS) is 10.9. The third-order valence-electron chi connectivity index (χ3n) is 3.02. The van der Waals surface area contributed by atoms with Crippen LogP contribution in [0.5, 0.6) is 0 Å². The van der Waals surface area contributed by atoms with Crippen LogP contribution in [0.2, 0.25) is 10.0 Å². The molecule has 8 heteroatoms. The van der Waals surface area contributed by atoms with Crippen molar-refractivity contribution in [1.82, 2.24) is 19.6 Å². The second-order valence-corrected chi connectivity index (χ2v) is 5.53. The molecule has 2 heterocycles. The Morgan fingerprint density at radius 2 is 2.00 bits per heavy atom. The maximum absolute atomic E-state index is 12.3. The number of anilines is 1. The Morgan fingerprint density at radius 1 is 1.23 bits per heavy atom. The van der Waals surface area contributed by atoms with Crippen LogP contribution in [0, 0.1) is 13.8 Å². The van der Waals surface area contributed by atoms with Gasteiger partial charge in [0, 0.05) is 11.4 Å². The van der Waals surface area contributed by atoms with E-state index in [9.17, 15) is 4.79 Å². The van der Waals surface area contributed by atoms with Crippen LogP contribution in [0.4, 0.5) is 5.69 Å². The summed E-state index contributed by atoms with van der Waals surface area (Å²) in [5.74, 6) is -0.0937. The molecule has 3 rings (SSSR count). The van der Waals surface area contributed by atoms with Crippen LogP contribution in [-0.4, -0.2) is 25.5 Å². The number of carbonyl (C=O) groups is 1. The molecule has 22 heavy (non-hydrogen) atoms. The van der Waals surface area contributed by atoms with Gasteiger partial charge in [-0.1, -0.05) is 29.3 Å². The highest BCUT2D eigenvalue weighted by Gasteiger charge is 2.16. The van der Waals surface area contributed by atoms with Gasteiger partial charge < -0.3 is 5.32 Å². The van der Waals surface area contributed by atoms with Gasteiger partial charge >= 0.3 is 0 Å². The second kappa shape index (κ2) is 5.55. The molecule has 0 bridgehead atoms. The fourth-order valence-electron chi connectivity index (χ4n) is 2.04. The number of halogens is 2. The molecule has 112 valence electrons. The summed E-state index contributed by atoms with van der Waals surface area (Å²) in [5.41, 5.74) is 2.05. The molecule has 1 N–H and O–H groups in total. The van der Waals surface area contributed by atoms with Crippen molar-refractivity contribution in [3.63, 3.8) is 0 Å². The Bertz CT molecular complexity index is 890. The van der Waals surface area contributed by atoms with E-state index in [1.54, 1.807) is 18.2 Å². The summed E-state index contributed by atoms with van der Waals surface area (Å²) in [7, 11) is 0. The predicted octanol–water partition coefficient (Wildman–Crippen LogP) is 3.30. The van der Waals surface area contributed by atoms with E-state index in [1.165, 1.54) is 4.52 Å². The summed E-state index contributed by atoms with van der Waals surface area (Å²) in [6, 6.07) is 6.83. The molecule has 1 amide bonds. The highest BCUT2D eigenvalue weighted by molar-refractivity contribution is 6.44. The van der Waals surface area contributed by atoms with E-state index in [0.29, 0.717) is 16.5 Å². The summed E-state index contributed by atoms with van der Waals surface area (Å²) in [6.07, 6.45) is 0. The van der Waals surface area contributed by atoms with E-state index in [-0.39, 0.29) is 10.8 Å². The maximum Gasteiger partial charge on any atom is 0.295 e. The molecule has 0 unspecified atom stereocenters. The molecule has 0 aliphatic heterocycles. The third-order valence-corrected chi connectivity index (χ3v) is 3.84. The third kappa shape index (κ3) is 2.63. The van der Waals surface area contributed by atoms with Crippen molar-refractivity contribution in [3.8, 4) is 0 Å². The second-order valence-electron chi connectivity index (χ2n) is 4.74. The van der Waals surface area contributed by atoms with Crippen molar-refractivity contribution in [2.24, 2.45) is 0 Å². The average Bonchev–Trinajstić information content (AvgIpc) is 2.88. The summed E-state index contributed by atoms with van der Waals surface area (Å²) >= 11 is 12.0. The van der Waals surface area contributed by atoms with Crippen molar-refractivity contribution < 1.29 is 4.79 Å². The molecule has 0 aliphatic carbocycles. The minimum Gasteiger partial charge on any atom is -0.318 e. The number of amides is 1. The fraction of sp³-hybridized carbons (Fsp3) is 0.143. The van der Waals surface area contributed by atoms with Crippen LogP contribution >= 0.6 is 23.2 Å². The molecule has 0 aliphatic rings. The molecular formula is C14H11Cl2N5O. The van der Waals surface area contributed by atoms with Gasteiger partial charge in [-0.15, -0.1) is 5.10 Å². The van der Waals surface area contributed by atoms with Crippen LogP contribution in [-0.2, 0) is 0 Å². The smallest absolute Gasteiger partial charge is 0.295 e. The molecule has 0 atom stereocenters. The first-order chi connectivity index (χ1) is 10.5. The Labute approximate surface area is 136 Å². The Kier molecular flexibility index (Phi) is 3.72. The molecule has 0 saturated heterocycles. The van der Waals surface area contributed by atoms with Gasteiger partial charge in [-0.2, -0.15) is 4.98 Å². The van der Waals surface area contributed by atoms with Gasteiger partial charge in [0.2, 0.25) is 5.82 Å². The van der Waals surface area contributed by atoms with Crippen LogP contribution in [0.1, 0.15) is 22.0 Å². The minimum atomic E-state index is -0.480. The molecule has 6 nitrogen and oxygen atoms in total. The molecule has 0 fully saturated rings. The zero-order valence-electron chi connectivity index (χ0n) is 11.8. The van der Waals surface area contributed by atoms with E-state index in [1.807, 2.05) is 19.9 Å². The van der Waals surface area contributed by atoms with E-state index in [0.717, 1.165) is 11.4 Å². The van der Waals surface area contributed by atoms with Crippen molar-refractivity contribution in [2.75, 3.05) is 5.32 Å². The lowest BCUT2D eigenvalue weighted by Gasteiger charge is -2.05. The fourth-order valence-corrected chi connectivity index (χ4v) is 2.39. The quantitative estimate of drug-likeness (QED) is 0.779. The van der Waals surface area contributed by atoms with E-state index >= 15 is 0 Å². The number of aryl methyl sites for hydroxylation is 2.